The van der Waals surface area contributed by atoms with E-state index in [1.54, 1.807) is 36.4 Å². The van der Waals surface area contributed by atoms with Crippen molar-refractivity contribution in [3.8, 4) is 5.75 Å². The van der Waals surface area contributed by atoms with Crippen LogP contribution in [0.15, 0.2) is 54.6 Å². The molecule has 0 spiro atoms. The Morgan fingerprint density at radius 3 is 2.24 bits per heavy atom. The van der Waals surface area contributed by atoms with Crippen LogP contribution in [0, 0.1) is 0 Å². The Labute approximate surface area is 121 Å². The van der Waals surface area contributed by atoms with Gasteiger partial charge in [-0.3, -0.25) is 4.79 Å². The number of amides is 1. The third kappa shape index (κ3) is 4.27. The molecule has 1 N–H and O–H groups in total. The second-order valence-corrected chi connectivity index (χ2v) is 4.51. The van der Waals surface area contributed by atoms with E-state index in [9.17, 15) is 13.6 Å². The van der Waals surface area contributed by atoms with Crippen LogP contribution in [0.3, 0.4) is 0 Å². The van der Waals surface area contributed by atoms with Crippen molar-refractivity contribution in [2.24, 2.45) is 0 Å². The molecule has 0 saturated carbocycles. The molecule has 0 bridgehead atoms. The summed E-state index contributed by atoms with van der Waals surface area (Å²) in [6.07, 6.45) is 0. The minimum Gasteiger partial charge on any atom is -0.435 e. The summed E-state index contributed by atoms with van der Waals surface area (Å²) < 4.78 is 28.4. The maximum absolute atomic E-state index is 12.1. The first-order valence-electron chi connectivity index (χ1n) is 6.47. The number of benzene rings is 2. The maximum atomic E-state index is 12.1. The molecule has 1 amide bonds. The van der Waals surface area contributed by atoms with E-state index >= 15 is 0 Å². The fourth-order valence-electron chi connectivity index (χ4n) is 1.89. The smallest absolute Gasteiger partial charge is 0.387 e. The highest BCUT2D eigenvalue weighted by molar-refractivity contribution is 5.94. The standard InChI is InChI=1S/C16H15F2NO2/c1-11(19-15(20)13-5-3-2-4-6-13)12-7-9-14(10-8-12)21-16(17)18/h2-11,16H,1H3,(H,19,20). The summed E-state index contributed by atoms with van der Waals surface area (Å²) >= 11 is 0. The third-order valence-electron chi connectivity index (χ3n) is 2.99. The Balaban J connectivity index is 2.00. The van der Waals surface area contributed by atoms with Gasteiger partial charge in [0, 0.05) is 5.56 Å². The zero-order valence-electron chi connectivity index (χ0n) is 11.4. The van der Waals surface area contributed by atoms with Crippen molar-refractivity contribution in [2.45, 2.75) is 19.6 Å². The Bertz CT molecular complexity index is 585. The highest BCUT2D eigenvalue weighted by atomic mass is 19.3. The number of halogens is 2. The number of hydrogen-bond acceptors (Lipinski definition) is 2. The third-order valence-corrected chi connectivity index (χ3v) is 2.99. The quantitative estimate of drug-likeness (QED) is 0.910. The first-order valence-corrected chi connectivity index (χ1v) is 6.47. The van der Waals surface area contributed by atoms with E-state index in [1.165, 1.54) is 12.1 Å². The summed E-state index contributed by atoms with van der Waals surface area (Å²) in [5, 5.41) is 2.84. The van der Waals surface area contributed by atoms with Crippen LogP contribution in [0.25, 0.3) is 0 Å². The molecule has 0 fully saturated rings. The molecule has 0 aliphatic heterocycles. The second-order valence-electron chi connectivity index (χ2n) is 4.51. The highest BCUT2D eigenvalue weighted by Crippen LogP contribution is 2.19. The van der Waals surface area contributed by atoms with Gasteiger partial charge in [-0.1, -0.05) is 30.3 Å². The van der Waals surface area contributed by atoms with Gasteiger partial charge in [0.2, 0.25) is 0 Å². The van der Waals surface area contributed by atoms with Crippen LogP contribution in [0.5, 0.6) is 5.75 Å². The molecule has 0 aromatic heterocycles. The fourth-order valence-corrected chi connectivity index (χ4v) is 1.89. The van der Waals surface area contributed by atoms with Crippen molar-refractivity contribution < 1.29 is 18.3 Å². The number of ether oxygens (including phenoxy) is 1. The molecule has 0 saturated heterocycles. The minimum absolute atomic E-state index is 0.0929. The van der Waals surface area contributed by atoms with E-state index in [0.29, 0.717) is 5.56 Å². The number of carbonyl (C=O) groups is 1. The van der Waals surface area contributed by atoms with E-state index in [1.807, 2.05) is 13.0 Å². The van der Waals surface area contributed by atoms with Gasteiger partial charge in [-0.25, -0.2) is 0 Å². The highest BCUT2D eigenvalue weighted by Gasteiger charge is 2.11. The largest absolute Gasteiger partial charge is 0.435 e. The van der Waals surface area contributed by atoms with Gasteiger partial charge in [0.15, 0.2) is 0 Å². The molecule has 21 heavy (non-hydrogen) atoms. The van der Waals surface area contributed by atoms with Crippen LogP contribution < -0.4 is 10.1 Å². The Morgan fingerprint density at radius 2 is 1.67 bits per heavy atom. The summed E-state index contributed by atoms with van der Waals surface area (Å²) in [4.78, 5) is 12.0. The molecule has 0 aliphatic rings. The summed E-state index contributed by atoms with van der Waals surface area (Å²) in [6, 6.07) is 14.8. The van der Waals surface area contributed by atoms with Crippen LogP contribution in [-0.2, 0) is 0 Å². The van der Waals surface area contributed by atoms with Crippen molar-refractivity contribution >= 4 is 5.91 Å². The molecule has 0 radical (unpaired) electrons. The van der Waals surface area contributed by atoms with Crippen LogP contribution in [0.1, 0.15) is 28.9 Å². The number of carbonyl (C=O) groups excluding carboxylic acids is 1. The van der Waals surface area contributed by atoms with Crippen molar-refractivity contribution in [3.05, 3.63) is 65.7 Å². The Morgan fingerprint density at radius 1 is 1.05 bits per heavy atom. The molecular formula is C16H15F2NO2. The van der Waals surface area contributed by atoms with Crippen LogP contribution >= 0.6 is 0 Å². The van der Waals surface area contributed by atoms with Crippen molar-refractivity contribution in [1.29, 1.82) is 0 Å². The van der Waals surface area contributed by atoms with E-state index in [-0.39, 0.29) is 17.7 Å². The van der Waals surface area contributed by atoms with E-state index < -0.39 is 6.61 Å². The van der Waals surface area contributed by atoms with E-state index in [0.717, 1.165) is 5.56 Å². The van der Waals surface area contributed by atoms with E-state index in [4.69, 9.17) is 0 Å². The first kappa shape index (κ1) is 15.0. The molecule has 2 rings (SSSR count). The SMILES string of the molecule is CC(NC(=O)c1ccccc1)c1ccc(OC(F)F)cc1. The van der Waals surface area contributed by atoms with Gasteiger partial charge >= 0.3 is 6.61 Å². The molecule has 2 aromatic carbocycles. The predicted molar refractivity (Wildman–Crippen MR) is 75.4 cm³/mol. The lowest BCUT2D eigenvalue weighted by Gasteiger charge is -2.15. The van der Waals surface area contributed by atoms with Crippen molar-refractivity contribution in [3.63, 3.8) is 0 Å². The van der Waals surface area contributed by atoms with Gasteiger partial charge in [0.05, 0.1) is 6.04 Å². The summed E-state index contributed by atoms with van der Waals surface area (Å²) in [5.74, 6) is -0.0913. The topological polar surface area (TPSA) is 38.3 Å². The zero-order chi connectivity index (χ0) is 15.2. The van der Waals surface area contributed by atoms with Gasteiger partial charge in [-0.2, -0.15) is 8.78 Å². The maximum Gasteiger partial charge on any atom is 0.387 e. The molecular weight excluding hydrogens is 276 g/mol. The second kappa shape index (κ2) is 6.83. The average molecular weight is 291 g/mol. The molecule has 3 nitrogen and oxygen atoms in total. The molecule has 1 atom stereocenters. The molecule has 1 unspecified atom stereocenters. The number of rotatable bonds is 5. The summed E-state index contributed by atoms with van der Waals surface area (Å²) in [6.45, 7) is -1.02. The lowest BCUT2D eigenvalue weighted by Crippen LogP contribution is -2.26. The normalized spacial score (nSPS) is 12.0. The molecule has 0 aliphatic carbocycles. The zero-order valence-corrected chi connectivity index (χ0v) is 11.4. The van der Waals surface area contributed by atoms with Crippen molar-refractivity contribution in [1.82, 2.24) is 5.32 Å². The molecule has 110 valence electrons. The first-order chi connectivity index (χ1) is 10.1. The molecule has 0 heterocycles. The number of hydrogen-bond donors (Lipinski definition) is 1. The number of nitrogens with one attached hydrogen (secondary N) is 1. The number of alkyl halides is 2. The van der Waals surface area contributed by atoms with Gasteiger partial charge in [0.1, 0.15) is 5.75 Å². The Kier molecular flexibility index (Phi) is 4.87. The lowest BCUT2D eigenvalue weighted by atomic mass is 10.1. The molecule has 5 heteroatoms. The molecule has 2 aromatic rings. The lowest BCUT2D eigenvalue weighted by molar-refractivity contribution is -0.0498. The van der Waals surface area contributed by atoms with Gasteiger partial charge < -0.3 is 10.1 Å². The van der Waals surface area contributed by atoms with E-state index in [2.05, 4.69) is 10.1 Å². The summed E-state index contributed by atoms with van der Waals surface area (Å²) in [5.41, 5.74) is 1.38. The van der Waals surface area contributed by atoms with Gasteiger partial charge in [-0.15, -0.1) is 0 Å². The van der Waals surface area contributed by atoms with Crippen LogP contribution in [-0.4, -0.2) is 12.5 Å². The Hall–Kier alpha value is -2.43. The predicted octanol–water partition coefficient (Wildman–Crippen LogP) is 3.78. The van der Waals surface area contributed by atoms with Crippen LogP contribution in [0.2, 0.25) is 0 Å². The minimum atomic E-state index is -2.84. The van der Waals surface area contributed by atoms with Crippen LogP contribution in [0.4, 0.5) is 8.78 Å². The van der Waals surface area contributed by atoms with Gasteiger partial charge in [0.25, 0.3) is 5.91 Å². The van der Waals surface area contributed by atoms with Gasteiger partial charge in [-0.05, 0) is 36.8 Å². The van der Waals surface area contributed by atoms with Crippen molar-refractivity contribution in [2.75, 3.05) is 0 Å². The monoisotopic (exact) mass is 291 g/mol. The summed E-state index contributed by atoms with van der Waals surface area (Å²) in [7, 11) is 0. The average Bonchev–Trinajstić information content (AvgIpc) is 2.48. The fraction of sp³-hybridized carbons (Fsp3) is 0.188.